The number of benzene rings is 1. The number of carbonyl (C=O) groups is 1. The second-order valence-electron chi connectivity index (χ2n) is 8.79. The highest BCUT2D eigenvalue weighted by Gasteiger charge is 2.41. The van der Waals surface area contributed by atoms with Crippen LogP contribution in [-0.4, -0.2) is 46.6 Å². The van der Waals surface area contributed by atoms with Crippen molar-refractivity contribution >= 4 is 6.03 Å². The lowest BCUT2D eigenvalue weighted by Gasteiger charge is -2.49. The van der Waals surface area contributed by atoms with Crippen LogP contribution in [0, 0.1) is 12.8 Å². The monoisotopic (exact) mass is 431 g/mol. The Bertz CT molecular complexity index is 1050. The first-order valence-corrected chi connectivity index (χ1v) is 11.3. The molecule has 5 heterocycles. The Kier molecular flexibility index (Phi) is 5.90. The van der Waals surface area contributed by atoms with Crippen LogP contribution in [0.4, 0.5) is 4.79 Å². The van der Waals surface area contributed by atoms with Gasteiger partial charge < -0.3 is 15.1 Å². The SMILES string of the molecule is Cc1nc(-c2ccco2)cc([C@@H]2CN3CC[C@H]2C[C@@H]3CNC(=O)NCc2ccccc2)n1. The molecule has 2 aromatic heterocycles. The number of amides is 2. The van der Waals surface area contributed by atoms with Gasteiger partial charge in [-0.2, -0.15) is 0 Å². The minimum Gasteiger partial charge on any atom is -0.463 e. The summed E-state index contributed by atoms with van der Waals surface area (Å²) in [5.74, 6) is 2.51. The Labute approximate surface area is 188 Å². The van der Waals surface area contributed by atoms with Crippen LogP contribution in [0.2, 0.25) is 0 Å². The van der Waals surface area contributed by atoms with Gasteiger partial charge in [0.05, 0.1) is 6.26 Å². The number of hydrogen-bond acceptors (Lipinski definition) is 5. The highest BCUT2D eigenvalue weighted by Crippen LogP contribution is 2.41. The average Bonchev–Trinajstić information content (AvgIpc) is 3.37. The molecule has 4 atom stereocenters. The zero-order valence-electron chi connectivity index (χ0n) is 18.3. The molecule has 7 heteroatoms. The minimum atomic E-state index is -0.109. The van der Waals surface area contributed by atoms with E-state index in [1.54, 1.807) is 6.26 Å². The van der Waals surface area contributed by atoms with E-state index in [-0.39, 0.29) is 6.03 Å². The lowest BCUT2D eigenvalue weighted by molar-refractivity contribution is 0.0305. The van der Waals surface area contributed by atoms with Crippen LogP contribution in [0.25, 0.3) is 11.5 Å². The van der Waals surface area contributed by atoms with Crippen molar-refractivity contribution < 1.29 is 9.21 Å². The fraction of sp³-hybridized carbons (Fsp3) is 0.400. The second kappa shape index (κ2) is 9.12. The van der Waals surface area contributed by atoms with Crippen molar-refractivity contribution in [3.63, 3.8) is 0 Å². The van der Waals surface area contributed by atoms with Gasteiger partial charge in [-0.05, 0) is 56.0 Å². The van der Waals surface area contributed by atoms with Crippen LogP contribution in [0.5, 0.6) is 0 Å². The van der Waals surface area contributed by atoms with Crippen molar-refractivity contribution in [3.8, 4) is 11.5 Å². The summed E-state index contributed by atoms with van der Waals surface area (Å²) in [5, 5.41) is 6.02. The van der Waals surface area contributed by atoms with Crippen molar-refractivity contribution in [2.75, 3.05) is 19.6 Å². The van der Waals surface area contributed by atoms with Crippen LogP contribution in [0.3, 0.4) is 0 Å². The van der Waals surface area contributed by atoms with Crippen LogP contribution < -0.4 is 10.6 Å². The van der Waals surface area contributed by atoms with Gasteiger partial charge in [-0.25, -0.2) is 14.8 Å². The third-order valence-corrected chi connectivity index (χ3v) is 6.68. The Morgan fingerprint density at radius 2 is 2.03 bits per heavy atom. The molecule has 0 radical (unpaired) electrons. The molecule has 3 aromatic rings. The van der Waals surface area contributed by atoms with E-state index in [9.17, 15) is 4.79 Å². The van der Waals surface area contributed by atoms with Crippen LogP contribution in [-0.2, 0) is 6.54 Å². The maximum atomic E-state index is 12.3. The molecular weight excluding hydrogens is 402 g/mol. The van der Waals surface area contributed by atoms with Crippen molar-refractivity contribution in [2.45, 2.75) is 38.3 Å². The number of carbonyl (C=O) groups excluding carboxylic acids is 1. The summed E-state index contributed by atoms with van der Waals surface area (Å²) in [7, 11) is 0. The van der Waals surface area contributed by atoms with Crippen LogP contribution >= 0.6 is 0 Å². The normalized spacial score (nSPS) is 24.3. The van der Waals surface area contributed by atoms with E-state index in [2.05, 4.69) is 26.6 Å². The molecule has 2 N–H and O–H groups in total. The van der Waals surface area contributed by atoms with Gasteiger partial charge in [-0.3, -0.25) is 4.90 Å². The molecule has 2 amide bonds. The fourth-order valence-electron chi connectivity index (χ4n) is 5.07. The molecule has 2 bridgehead atoms. The van der Waals surface area contributed by atoms with Crippen molar-refractivity contribution in [1.82, 2.24) is 25.5 Å². The average molecular weight is 432 g/mol. The molecule has 1 aromatic carbocycles. The smallest absolute Gasteiger partial charge is 0.315 e. The zero-order valence-corrected chi connectivity index (χ0v) is 18.3. The molecule has 0 spiro atoms. The Morgan fingerprint density at radius 3 is 2.78 bits per heavy atom. The van der Waals surface area contributed by atoms with Crippen molar-refractivity contribution in [1.29, 1.82) is 0 Å². The number of piperidine rings is 3. The summed E-state index contributed by atoms with van der Waals surface area (Å²) >= 11 is 0. The molecule has 0 saturated carbocycles. The molecule has 166 valence electrons. The largest absolute Gasteiger partial charge is 0.463 e. The zero-order chi connectivity index (χ0) is 21.9. The summed E-state index contributed by atoms with van der Waals surface area (Å²) in [6, 6.07) is 16.1. The summed E-state index contributed by atoms with van der Waals surface area (Å²) in [5.41, 5.74) is 3.05. The first kappa shape index (κ1) is 20.7. The van der Waals surface area contributed by atoms with E-state index < -0.39 is 0 Å². The molecule has 32 heavy (non-hydrogen) atoms. The third kappa shape index (κ3) is 4.53. The van der Waals surface area contributed by atoms with E-state index in [0.717, 1.165) is 48.0 Å². The number of furan rings is 1. The van der Waals surface area contributed by atoms with E-state index >= 15 is 0 Å². The number of nitrogens with zero attached hydrogens (tertiary/aromatic N) is 3. The number of nitrogens with one attached hydrogen (secondary N) is 2. The first-order chi connectivity index (χ1) is 15.7. The number of aromatic nitrogens is 2. The molecule has 6 rings (SSSR count). The molecule has 3 aliphatic heterocycles. The van der Waals surface area contributed by atoms with Gasteiger partial charge in [0.2, 0.25) is 0 Å². The first-order valence-electron chi connectivity index (χ1n) is 11.3. The van der Waals surface area contributed by atoms with Crippen LogP contribution in [0.15, 0.2) is 59.2 Å². The molecule has 1 unspecified atom stereocenters. The van der Waals surface area contributed by atoms with Gasteiger partial charge in [0.15, 0.2) is 5.76 Å². The van der Waals surface area contributed by atoms with Crippen molar-refractivity contribution in [2.24, 2.45) is 5.92 Å². The summed E-state index contributed by atoms with van der Waals surface area (Å²) < 4.78 is 5.55. The van der Waals surface area contributed by atoms with Crippen LogP contribution in [0.1, 0.15) is 35.8 Å². The number of hydrogen-bond donors (Lipinski definition) is 2. The highest BCUT2D eigenvalue weighted by atomic mass is 16.3. The molecule has 3 fully saturated rings. The maximum Gasteiger partial charge on any atom is 0.315 e. The maximum absolute atomic E-state index is 12.3. The Balaban J connectivity index is 1.18. The minimum absolute atomic E-state index is 0.109. The van der Waals surface area contributed by atoms with Gasteiger partial charge in [0.1, 0.15) is 11.5 Å². The number of urea groups is 1. The van der Waals surface area contributed by atoms with Crippen molar-refractivity contribution in [3.05, 3.63) is 71.9 Å². The van der Waals surface area contributed by atoms with Gasteiger partial charge in [-0.15, -0.1) is 0 Å². The van der Waals surface area contributed by atoms with Gasteiger partial charge >= 0.3 is 6.03 Å². The lowest BCUT2D eigenvalue weighted by Crippen LogP contribution is -2.56. The van der Waals surface area contributed by atoms with E-state index in [4.69, 9.17) is 9.40 Å². The fourth-order valence-corrected chi connectivity index (χ4v) is 5.07. The lowest BCUT2D eigenvalue weighted by atomic mass is 9.74. The van der Waals surface area contributed by atoms with E-state index in [0.29, 0.717) is 31.0 Å². The molecule has 3 saturated heterocycles. The molecule has 0 aliphatic carbocycles. The molecular formula is C25H29N5O2. The second-order valence-corrected chi connectivity index (χ2v) is 8.79. The standard InChI is InChI=1S/C25H29N5O2/c1-17-28-22(13-23(29-17)24-8-5-11-32-24)21-16-30-10-9-19(21)12-20(30)15-27-25(31)26-14-18-6-3-2-4-7-18/h2-8,11,13,19-21H,9-10,12,14-16H2,1H3,(H2,26,27,31)/t19-,20+,21+/m0/s1. The summed E-state index contributed by atoms with van der Waals surface area (Å²) in [6.07, 6.45) is 3.91. The number of fused-ring (bicyclic) bond motifs is 3. The molecule has 3 aliphatic rings. The van der Waals surface area contributed by atoms with E-state index in [1.807, 2.05) is 49.4 Å². The number of aryl methyl sites for hydroxylation is 1. The Morgan fingerprint density at radius 1 is 1.16 bits per heavy atom. The van der Waals surface area contributed by atoms with Gasteiger partial charge in [0.25, 0.3) is 0 Å². The van der Waals surface area contributed by atoms with E-state index in [1.165, 1.54) is 6.42 Å². The number of rotatable bonds is 6. The summed E-state index contributed by atoms with van der Waals surface area (Å²) in [6.45, 7) is 5.20. The Hall–Kier alpha value is -3.19. The highest BCUT2D eigenvalue weighted by molar-refractivity contribution is 5.73. The van der Waals surface area contributed by atoms with Gasteiger partial charge in [-0.1, -0.05) is 30.3 Å². The topological polar surface area (TPSA) is 83.3 Å². The predicted octanol–water partition coefficient (Wildman–Crippen LogP) is 3.72. The van der Waals surface area contributed by atoms with Gasteiger partial charge in [0, 0.05) is 37.3 Å². The third-order valence-electron chi connectivity index (χ3n) is 6.68. The predicted molar refractivity (Wildman–Crippen MR) is 122 cm³/mol. The quantitative estimate of drug-likeness (QED) is 0.622. The summed E-state index contributed by atoms with van der Waals surface area (Å²) in [4.78, 5) is 24.1. The molecule has 7 nitrogen and oxygen atoms in total.